The van der Waals surface area contributed by atoms with E-state index in [1.54, 1.807) is 25.1 Å². The third kappa shape index (κ3) is 5.22. The molecular weight excluding hydrogens is 561 g/mol. The number of aryl methyl sites for hydroxylation is 3. The maximum atomic E-state index is 15.3. The second-order valence-corrected chi connectivity index (χ2v) is 10.6. The molecule has 4 aromatic rings. The summed E-state index contributed by atoms with van der Waals surface area (Å²) in [6.07, 6.45) is 1.43. The van der Waals surface area contributed by atoms with E-state index in [2.05, 4.69) is 37.0 Å². The number of allylic oxidation sites excluding steroid dienone is 1. The molecule has 0 radical (unpaired) electrons. The lowest BCUT2D eigenvalue weighted by Gasteiger charge is -2.30. The minimum Gasteiger partial charge on any atom is -0.343 e. The maximum absolute atomic E-state index is 15.3. The van der Waals surface area contributed by atoms with Gasteiger partial charge in [-0.15, -0.1) is 0 Å². The van der Waals surface area contributed by atoms with Crippen LogP contribution in [0.4, 0.5) is 21.6 Å². The van der Waals surface area contributed by atoms with Crippen LogP contribution in [0.1, 0.15) is 45.6 Å². The van der Waals surface area contributed by atoms with Crippen molar-refractivity contribution in [3.63, 3.8) is 0 Å². The fourth-order valence-electron chi connectivity index (χ4n) is 4.79. The highest BCUT2D eigenvalue weighted by atomic mass is 79.9. The molecule has 1 aromatic heterocycles. The Morgan fingerprint density at radius 2 is 1.72 bits per heavy atom. The van der Waals surface area contributed by atoms with Crippen LogP contribution < -0.4 is 16.0 Å². The van der Waals surface area contributed by atoms with Crippen LogP contribution in [0, 0.1) is 26.6 Å². The van der Waals surface area contributed by atoms with Crippen molar-refractivity contribution < 1.29 is 14.0 Å². The van der Waals surface area contributed by atoms with E-state index in [-0.39, 0.29) is 22.6 Å². The first-order valence-electron chi connectivity index (χ1n) is 12.4. The SMILES string of the molecule is CC1=C(C(=O)Nc2ccc(C)cc2C)C(c2cc(Br)ccc2F)n2ncc(C(=O)Nc3cccc(C)c3)c2N1. The van der Waals surface area contributed by atoms with Crippen molar-refractivity contribution in [3.05, 3.63) is 116 Å². The van der Waals surface area contributed by atoms with E-state index >= 15 is 4.39 Å². The monoisotopic (exact) mass is 587 g/mol. The summed E-state index contributed by atoms with van der Waals surface area (Å²) in [5.41, 5.74) is 5.57. The number of aromatic nitrogens is 2. The molecule has 3 aromatic carbocycles. The minimum absolute atomic E-state index is 0.242. The molecule has 1 unspecified atom stereocenters. The number of carbonyl (C=O) groups excluding carboxylic acids is 2. The van der Waals surface area contributed by atoms with Crippen molar-refractivity contribution >= 4 is 44.9 Å². The van der Waals surface area contributed by atoms with Crippen LogP contribution in [0.2, 0.25) is 0 Å². The molecule has 1 aliphatic heterocycles. The predicted molar refractivity (Wildman–Crippen MR) is 154 cm³/mol. The number of fused-ring (bicyclic) bond motifs is 1. The molecule has 0 saturated carbocycles. The molecule has 9 heteroatoms. The Kier molecular flexibility index (Phi) is 7.10. The highest BCUT2D eigenvalue weighted by molar-refractivity contribution is 9.10. The van der Waals surface area contributed by atoms with Gasteiger partial charge < -0.3 is 16.0 Å². The highest BCUT2D eigenvalue weighted by Crippen LogP contribution is 2.39. The number of nitrogens with one attached hydrogen (secondary N) is 3. The van der Waals surface area contributed by atoms with Gasteiger partial charge in [0.1, 0.15) is 23.2 Å². The molecule has 1 atom stereocenters. The standard InChI is InChI=1S/C30H27BrFN5O2/c1-16-6-5-7-21(13-16)35-29(38)23-15-33-37-27(22-14-20(31)9-10-24(22)32)26(19(4)34-28(23)37)30(39)36-25-11-8-17(2)12-18(25)3/h5-15,27,34H,1-4H3,(H,35,38)(H,36,39). The average Bonchev–Trinajstić information content (AvgIpc) is 3.30. The van der Waals surface area contributed by atoms with Gasteiger partial charge in [-0.25, -0.2) is 9.07 Å². The van der Waals surface area contributed by atoms with Gasteiger partial charge in [0.15, 0.2) is 0 Å². The van der Waals surface area contributed by atoms with Gasteiger partial charge in [0.2, 0.25) is 0 Å². The number of hydrogen-bond acceptors (Lipinski definition) is 4. The smallest absolute Gasteiger partial charge is 0.261 e. The Hall–Kier alpha value is -4.24. The zero-order chi connectivity index (χ0) is 27.8. The summed E-state index contributed by atoms with van der Waals surface area (Å²) in [6.45, 7) is 7.57. The third-order valence-electron chi connectivity index (χ3n) is 6.67. The normalized spacial score (nSPS) is 14.5. The van der Waals surface area contributed by atoms with Gasteiger partial charge in [0.05, 0.1) is 11.8 Å². The van der Waals surface area contributed by atoms with Crippen molar-refractivity contribution in [1.82, 2.24) is 9.78 Å². The van der Waals surface area contributed by atoms with Gasteiger partial charge in [-0.2, -0.15) is 5.10 Å². The first-order valence-corrected chi connectivity index (χ1v) is 13.2. The number of carbonyl (C=O) groups is 2. The lowest BCUT2D eigenvalue weighted by atomic mass is 9.94. The molecule has 2 heterocycles. The van der Waals surface area contributed by atoms with Crippen LogP contribution in [0.3, 0.4) is 0 Å². The zero-order valence-electron chi connectivity index (χ0n) is 21.9. The fourth-order valence-corrected chi connectivity index (χ4v) is 5.17. The first kappa shape index (κ1) is 26.4. The van der Waals surface area contributed by atoms with E-state index in [0.29, 0.717) is 27.4 Å². The number of rotatable bonds is 5. The molecule has 0 aliphatic carbocycles. The van der Waals surface area contributed by atoms with Gasteiger partial charge in [0, 0.05) is 27.1 Å². The summed E-state index contributed by atoms with van der Waals surface area (Å²) < 4.78 is 17.5. The summed E-state index contributed by atoms with van der Waals surface area (Å²) in [5.74, 6) is -0.908. The van der Waals surface area contributed by atoms with Crippen molar-refractivity contribution in [2.45, 2.75) is 33.7 Å². The second kappa shape index (κ2) is 10.5. The number of amides is 2. The number of anilines is 3. The molecular formula is C30H27BrFN5O2. The van der Waals surface area contributed by atoms with E-state index in [0.717, 1.165) is 16.7 Å². The molecule has 7 nitrogen and oxygen atoms in total. The highest BCUT2D eigenvalue weighted by Gasteiger charge is 2.37. The second-order valence-electron chi connectivity index (χ2n) is 9.68. The third-order valence-corrected chi connectivity index (χ3v) is 7.16. The molecule has 2 amide bonds. The Morgan fingerprint density at radius 3 is 2.46 bits per heavy atom. The van der Waals surface area contributed by atoms with Crippen molar-refractivity contribution in [1.29, 1.82) is 0 Å². The fraction of sp³-hybridized carbons (Fsp3) is 0.167. The number of benzene rings is 3. The molecule has 39 heavy (non-hydrogen) atoms. The lowest BCUT2D eigenvalue weighted by Crippen LogP contribution is -2.32. The van der Waals surface area contributed by atoms with Gasteiger partial charge in [-0.05, 0) is 75.2 Å². The molecule has 0 saturated heterocycles. The Balaban J connectivity index is 1.58. The van der Waals surface area contributed by atoms with E-state index in [4.69, 9.17) is 0 Å². The molecule has 198 valence electrons. The molecule has 0 fully saturated rings. The van der Waals surface area contributed by atoms with Crippen LogP contribution >= 0.6 is 15.9 Å². The predicted octanol–water partition coefficient (Wildman–Crippen LogP) is 6.89. The first-order chi connectivity index (χ1) is 18.6. The summed E-state index contributed by atoms with van der Waals surface area (Å²) in [6, 6.07) is 16.8. The van der Waals surface area contributed by atoms with Crippen molar-refractivity contribution in [3.8, 4) is 0 Å². The summed E-state index contributed by atoms with van der Waals surface area (Å²) in [5, 5.41) is 13.5. The van der Waals surface area contributed by atoms with Gasteiger partial charge >= 0.3 is 0 Å². The number of halogens is 2. The Morgan fingerprint density at radius 1 is 0.949 bits per heavy atom. The molecule has 1 aliphatic rings. The van der Waals surface area contributed by atoms with Crippen LogP contribution in [0.25, 0.3) is 0 Å². The quantitative estimate of drug-likeness (QED) is 0.237. The van der Waals surface area contributed by atoms with E-state index in [1.165, 1.54) is 16.9 Å². The molecule has 0 spiro atoms. The van der Waals surface area contributed by atoms with Crippen LogP contribution in [0.5, 0.6) is 0 Å². The topological polar surface area (TPSA) is 88.0 Å². The molecule has 5 rings (SSSR count). The van der Waals surface area contributed by atoms with E-state index in [9.17, 15) is 9.59 Å². The van der Waals surface area contributed by atoms with Crippen molar-refractivity contribution in [2.75, 3.05) is 16.0 Å². The van der Waals surface area contributed by atoms with Gasteiger partial charge in [-0.1, -0.05) is 45.8 Å². The van der Waals surface area contributed by atoms with Gasteiger partial charge in [0.25, 0.3) is 11.8 Å². The summed E-state index contributed by atoms with van der Waals surface area (Å²) in [4.78, 5) is 27.0. The van der Waals surface area contributed by atoms with Crippen LogP contribution in [-0.4, -0.2) is 21.6 Å². The molecule has 0 bridgehead atoms. The summed E-state index contributed by atoms with van der Waals surface area (Å²) in [7, 11) is 0. The minimum atomic E-state index is -0.926. The summed E-state index contributed by atoms with van der Waals surface area (Å²) >= 11 is 3.42. The zero-order valence-corrected chi connectivity index (χ0v) is 23.5. The number of nitrogens with zero attached hydrogens (tertiary/aromatic N) is 2. The van der Waals surface area contributed by atoms with E-state index in [1.807, 2.05) is 57.2 Å². The largest absolute Gasteiger partial charge is 0.343 e. The van der Waals surface area contributed by atoms with E-state index < -0.39 is 17.8 Å². The van der Waals surface area contributed by atoms with Gasteiger partial charge in [-0.3, -0.25) is 9.59 Å². The lowest BCUT2D eigenvalue weighted by molar-refractivity contribution is -0.113. The van der Waals surface area contributed by atoms with Crippen LogP contribution in [-0.2, 0) is 4.79 Å². The average molecular weight is 588 g/mol. The van der Waals surface area contributed by atoms with Crippen LogP contribution in [0.15, 0.2) is 82.6 Å². The van der Waals surface area contributed by atoms with Crippen molar-refractivity contribution in [2.24, 2.45) is 0 Å². The number of hydrogen-bond donors (Lipinski definition) is 3. The maximum Gasteiger partial charge on any atom is 0.261 e. The Labute approximate surface area is 234 Å². The molecule has 3 N–H and O–H groups in total. The Bertz CT molecular complexity index is 1660.